The van der Waals surface area contributed by atoms with E-state index in [-0.39, 0.29) is 0 Å². The summed E-state index contributed by atoms with van der Waals surface area (Å²) in [5.41, 5.74) is 0. The van der Waals surface area contributed by atoms with Crippen molar-refractivity contribution in [1.29, 1.82) is 0 Å². The zero-order valence-corrected chi connectivity index (χ0v) is 5.17. The van der Waals surface area contributed by atoms with Gasteiger partial charge in [0, 0.05) is 12.1 Å². The Balaban J connectivity index is 1.99. The summed E-state index contributed by atoms with van der Waals surface area (Å²) >= 11 is 0. The predicted octanol–water partition coefficient (Wildman–Crippen LogP) is 1.49. The van der Waals surface area contributed by atoms with Gasteiger partial charge in [-0.05, 0) is 25.7 Å². The van der Waals surface area contributed by atoms with Gasteiger partial charge in [0.2, 0.25) is 0 Å². The number of aliphatic imine (C=N–C) groups is 1. The van der Waals surface area contributed by atoms with E-state index in [1.165, 1.54) is 12.8 Å². The maximum Gasteiger partial charge on any atom is 0.0547 e. The van der Waals surface area contributed by atoms with Crippen LogP contribution in [0.25, 0.3) is 0 Å². The van der Waals surface area contributed by atoms with Gasteiger partial charge in [0.25, 0.3) is 0 Å². The second kappa shape index (κ2) is 1.34. The summed E-state index contributed by atoms with van der Waals surface area (Å²) in [5.74, 6) is 1.90. The lowest BCUT2D eigenvalue weighted by Crippen LogP contribution is -2.27. The lowest BCUT2D eigenvalue weighted by molar-refractivity contribution is 0.473. The Hall–Kier alpha value is -0.330. The molecule has 44 valence electrons. The summed E-state index contributed by atoms with van der Waals surface area (Å²) in [6, 6.07) is 0.655. The highest BCUT2D eigenvalue weighted by Gasteiger charge is 2.36. The first kappa shape index (κ1) is 4.54. The molecule has 1 heterocycles. The molecule has 1 aliphatic carbocycles. The first-order valence-corrected chi connectivity index (χ1v) is 3.41. The Morgan fingerprint density at radius 1 is 1.50 bits per heavy atom. The second-order valence-electron chi connectivity index (χ2n) is 2.95. The molecular weight excluding hydrogens is 98.1 g/mol. The van der Waals surface area contributed by atoms with Gasteiger partial charge in [0.05, 0.1) is 6.04 Å². The summed E-state index contributed by atoms with van der Waals surface area (Å²) in [6.45, 7) is 2.21. The first-order chi connectivity index (χ1) is 3.88. The van der Waals surface area contributed by atoms with Gasteiger partial charge in [-0.15, -0.1) is 0 Å². The molecule has 0 bridgehead atoms. The lowest BCUT2D eigenvalue weighted by atomic mass is 9.93. The predicted molar refractivity (Wildman–Crippen MR) is 34.2 cm³/mol. The van der Waals surface area contributed by atoms with Crippen LogP contribution >= 0.6 is 0 Å². The van der Waals surface area contributed by atoms with Crippen molar-refractivity contribution in [3.8, 4) is 0 Å². The molecule has 0 amide bonds. The van der Waals surface area contributed by atoms with Crippen LogP contribution in [0.2, 0.25) is 0 Å². The number of hydrogen-bond donors (Lipinski definition) is 0. The topological polar surface area (TPSA) is 12.4 Å². The minimum atomic E-state index is 0.655. The maximum absolute atomic E-state index is 4.19. The molecule has 0 aromatic rings. The van der Waals surface area contributed by atoms with Gasteiger partial charge in [-0.1, -0.05) is 0 Å². The van der Waals surface area contributed by atoms with E-state index in [1.54, 1.807) is 0 Å². The van der Waals surface area contributed by atoms with Crippen LogP contribution in [0.5, 0.6) is 0 Å². The van der Waals surface area contributed by atoms with Crippen LogP contribution in [0.3, 0.4) is 0 Å². The van der Waals surface area contributed by atoms with Crippen LogP contribution in [0.4, 0.5) is 0 Å². The van der Waals surface area contributed by atoms with Gasteiger partial charge in [-0.25, -0.2) is 0 Å². The molecule has 1 nitrogen and oxygen atoms in total. The SMILES string of the molecule is CC1N=CC1C1CC1. The first-order valence-electron chi connectivity index (χ1n) is 3.41. The van der Waals surface area contributed by atoms with Gasteiger partial charge in [-0.3, -0.25) is 4.99 Å². The molecular formula is C7H11N. The normalized spacial score (nSPS) is 44.1. The molecule has 0 saturated heterocycles. The molecule has 0 spiro atoms. The van der Waals surface area contributed by atoms with Gasteiger partial charge < -0.3 is 0 Å². The molecule has 1 aliphatic heterocycles. The van der Waals surface area contributed by atoms with E-state index in [2.05, 4.69) is 18.1 Å². The average Bonchev–Trinajstić information content (AvgIpc) is 2.46. The van der Waals surface area contributed by atoms with Crippen molar-refractivity contribution >= 4 is 6.21 Å². The number of nitrogens with zero attached hydrogens (tertiary/aromatic N) is 1. The quantitative estimate of drug-likeness (QED) is 0.483. The second-order valence-corrected chi connectivity index (χ2v) is 2.95. The van der Waals surface area contributed by atoms with Crippen LogP contribution in [-0.2, 0) is 0 Å². The molecule has 1 heteroatoms. The van der Waals surface area contributed by atoms with Crippen LogP contribution in [0, 0.1) is 11.8 Å². The Kier molecular flexibility index (Phi) is 0.758. The highest BCUT2D eigenvalue weighted by atomic mass is 14.9. The Bertz CT molecular complexity index is 124. The molecule has 8 heavy (non-hydrogen) atoms. The van der Waals surface area contributed by atoms with Gasteiger partial charge >= 0.3 is 0 Å². The fourth-order valence-corrected chi connectivity index (χ4v) is 1.35. The van der Waals surface area contributed by atoms with E-state index in [0.717, 1.165) is 11.8 Å². The largest absolute Gasteiger partial charge is 0.293 e. The highest BCUT2D eigenvalue weighted by molar-refractivity contribution is 5.68. The summed E-state index contributed by atoms with van der Waals surface area (Å²) < 4.78 is 0. The molecule has 2 aliphatic rings. The Labute approximate surface area is 49.8 Å². The van der Waals surface area contributed by atoms with E-state index < -0.39 is 0 Å². The molecule has 0 N–H and O–H groups in total. The maximum atomic E-state index is 4.19. The van der Waals surface area contributed by atoms with Crippen LogP contribution in [0.15, 0.2) is 4.99 Å². The molecule has 2 atom stereocenters. The van der Waals surface area contributed by atoms with Crippen LogP contribution in [-0.4, -0.2) is 12.3 Å². The molecule has 1 saturated carbocycles. The minimum Gasteiger partial charge on any atom is -0.293 e. The molecule has 0 aromatic carbocycles. The highest BCUT2D eigenvalue weighted by Crippen LogP contribution is 2.41. The van der Waals surface area contributed by atoms with E-state index in [9.17, 15) is 0 Å². The molecule has 0 aromatic heterocycles. The van der Waals surface area contributed by atoms with Crippen molar-refractivity contribution in [1.82, 2.24) is 0 Å². The zero-order valence-electron chi connectivity index (χ0n) is 5.17. The van der Waals surface area contributed by atoms with Crippen molar-refractivity contribution < 1.29 is 0 Å². The lowest BCUT2D eigenvalue weighted by Gasteiger charge is -2.24. The monoisotopic (exact) mass is 109 g/mol. The molecule has 2 rings (SSSR count). The molecule has 2 unspecified atom stereocenters. The van der Waals surface area contributed by atoms with Crippen molar-refractivity contribution in [2.75, 3.05) is 0 Å². The summed E-state index contributed by atoms with van der Waals surface area (Å²) in [6.07, 6.45) is 5.05. The molecule has 0 radical (unpaired) electrons. The fourth-order valence-electron chi connectivity index (χ4n) is 1.35. The summed E-state index contributed by atoms with van der Waals surface area (Å²) in [7, 11) is 0. The number of rotatable bonds is 1. The standard InChI is InChI=1S/C7H11N/c1-5-7(4-8-5)6-2-3-6/h4-7H,2-3H2,1H3. The Morgan fingerprint density at radius 3 is 2.38 bits per heavy atom. The van der Waals surface area contributed by atoms with Crippen molar-refractivity contribution in [3.63, 3.8) is 0 Å². The van der Waals surface area contributed by atoms with Crippen molar-refractivity contribution in [3.05, 3.63) is 0 Å². The third kappa shape index (κ3) is 0.504. The number of hydrogen-bond acceptors (Lipinski definition) is 1. The third-order valence-electron chi connectivity index (χ3n) is 2.22. The van der Waals surface area contributed by atoms with E-state index in [1.807, 2.05) is 0 Å². The zero-order chi connectivity index (χ0) is 5.56. The summed E-state index contributed by atoms with van der Waals surface area (Å²) in [4.78, 5) is 4.19. The van der Waals surface area contributed by atoms with Crippen LogP contribution < -0.4 is 0 Å². The van der Waals surface area contributed by atoms with Crippen molar-refractivity contribution in [2.24, 2.45) is 16.8 Å². The average molecular weight is 109 g/mol. The smallest absolute Gasteiger partial charge is 0.0547 e. The Morgan fingerprint density at radius 2 is 2.25 bits per heavy atom. The van der Waals surface area contributed by atoms with Gasteiger partial charge in [0.1, 0.15) is 0 Å². The van der Waals surface area contributed by atoms with Crippen LogP contribution in [0.1, 0.15) is 19.8 Å². The minimum absolute atomic E-state index is 0.655. The van der Waals surface area contributed by atoms with Crippen molar-refractivity contribution in [2.45, 2.75) is 25.8 Å². The van der Waals surface area contributed by atoms with E-state index in [0.29, 0.717) is 6.04 Å². The van der Waals surface area contributed by atoms with E-state index in [4.69, 9.17) is 0 Å². The van der Waals surface area contributed by atoms with Gasteiger partial charge in [-0.2, -0.15) is 0 Å². The fraction of sp³-hybridized carbons (Fsp3) is 0.857. The summed E-state index contributed by atoms with van der Waals surface area (Å²) in [5, 5.41) is 0. The van der Waals surface area contributed by atoms with E-state index >= 15 is 0 Å². The molecule has 1 fully saturated rings. The van der Waals surface area contributed by atoms with Gasteiger partial charge in [0.15, 0.2) is 0 Å². The third-order valence-corrected chi connectivity index (χ3v) is 2.22.